The molecule has 0 spiro atoms. The van der Waals surface area contributed by atoms with Gasteiger partial charge in [0, 0.05) is 16.8 Å². The van der Waals surface area contributed by atoms with Gasteiger partial charge in [0.25, 0.3) is 0 Å². The predicted molar refractivity (Wildman–Crippen MR) is 107 cm³/mol. The van der Waals surface area contributed by atoms with Crippen molar-refractivity contribution in [1.29, 1.82) is 0 Å². The molecule has 2 heterocycles. The molecule has 0 unspecified atom stereocenters. The lowest BCUT2D eigenvalue weighted by atomic mass is 10.2. The van der Waals surface area contributed by atoms with Crippen molar-refractivity contribution in [2.75, 3.05) is 6.54 Å². The largest absolute Gasteiger partial charge is 0.486 e. The molecule has 26 heavy (non-hydrogen) atoms. The van der Waals surface area contributed by atoms with E-state index in [1.165, 1.54) is 21.8 Å². The van der Waals surface area contributed by atoms with Gasteiger partial charge in [-0.25, -0.2) is 4.98 Å². The smallest absolute Gasteiger partial charge is 0.226 e. The van der Waals surface area contributed by atoms with Gasteiger partial charge in [-0.2, -0.15) is 0 Å². The Morgan fingerprint density at radius 1 is 1.19 bits per heavy atom. The standard InChI is InChI=1S/C20H22N2O2S2/c1-2-15-5-7-17(8-6-15)24-13-20-22-16(14-26-20)12-19(23)21-10-9-18-4-3-11-25-18/h3-8,11,14H,2,9-10,12-13H2,1H3,(H,21,23). The predicted octanol–water partition coefficient (Wildman–Crippen LogP) is 4.25. The minimum atomic E-state index is 0.00878. The molecule has 1 amide bonds. The molecule has 3 aromatic rings. The summed E-state index contributed by atoms with van der Waals surface area (Å²) >= 11 is 3.24. The molecule has 2 aromatic heterocycles. The van der Waals surface area contributed by atoms with E-state index in [2.05, 4.69) is 35.4 Å². The Labute approximate surface area is 161 Å². The normalized spacial score (nSPS) is 10.7. The van der Waals surface area contributed by atoms with Gasteiger partial charge in [0.2, 0.25) is 5.91 Å². The first-order valence-corrected chi connectivity index (χ1v) is 10.4. The Hall–Kier alpha value is -2.18. The van der Waals surface area contributed by atoms with E-state index in [0.29, 0.717) is 19.6 Å². The summed E-state index contributed by atoms with van der Waals surface area (Å²) in [6.07, 6.45) is 2.20. The second-order valence-corrected chi connectivity index (χ2v) is 7.85. The number of rotatable bonds is 9. The first-order valence-electron chi connectivity index (χ1n) is 8.67. The fourth-order valence-corrected chi connectivity index (χ4v) is 3.88. The number of thiazole rings is 1. The van der Waals surface area contributed by atoms with Crippen molar-refractivity contribution in [1.82, 2.24) is 10.3 Å². The quantitative estimate of drug-likeness (QED) is 0.598. The number of aryl methyl sites for hydroxylation is 1. The van der Waals surface area contributed by atoms with Gasteiger partial charge in [-0.1, -0.05) is 25.1 Å². The molecule has 3 rings (SSSR count). The van der Waals surface area contributed by atoms with Gasteiger partial charge in [-0.3, -0.25) is 4.79 Å². The number of aromatic nitrogens is 1. The Kier molecular flexibility index (Phi) is 6.80. The summed E-state index contributed by atoms with van der Waals surface area (Å²) in [6, 6.07) is 12.2. The zero-order chi connectivity index (χ0) is 18.2. The number of hydrogen-bond acceptors (Lipinski definition) is 5. The van der Waals surface area contributed by atoms with Gasteiger partial charge in [0.05, 0.1) is 12.1 Å². The fourth-order valence-electron chi connectivity index (χ4n) is 2.47. The summed E-state index contributed by atoms with van der Waals surface area (Å²) < 4.78 is 5.76. The Balaban J connectivity index is 1.41. The molecule has 0 saturated heterocycles. The summed E-state index contributed by atoms with van der Waals surface area (Å²) in [4.78, 5) is 17.8. The molecule has 6 heteroatoms. The zero-order valence-electron chi connectivity index (χ0n) is 14.7. The Morgan fingerprint density at radius 2 is 2.04 bits per heavy atom. The summed E-state index contributed by atoms with van der Waals surface area (Å²) in [5.74, 6) is 0.847. The van der Waals surface area contributed by atoms with Crippen molar-refractivity contribution in [3.8, 4) is 5.75 Å². The number of hydrogen-bond donors (Lipinski definition) is 1. The minimum absolute atomic E-state index is 0.00878. The molecular weight excluding hydrogens is 364 g/mol. The SMILES string of the molecule is CCc1ccc(OCc2nc(CC(=O)NCCc3cccs3)cs2)cc1. The lowest BCUT2D eigenvalue weighted by Gasteiger charge is -2.05. The average Bonchev–Trinajstić information content (AvgIpc) is 3.32. The van der Waals surface area contributed by atoms with Crippen molar-refractivity contribution in [3.63, 3.8) is 0 Å². The molecule has 0 aliphatic carbocycles. The topological polar surface area (TPSA) is 51.2 Å². The maximum absolute atomic E-state index is 12.0. The van der Waals surface area contributed by atoms with E-state index in [1.54, 1.807) is 11.3 Å². The van der Waals surface area contributed by atoms with Crippen LogP contribution in [0.2, 0.25) is 0 Å². The highest BCUT2D eigenvalue weighted by Crippen LogP contribution is 2.17. The van der Waals surface area contributed by atoms with Gasteiger partial charge < -0.3 is 10.1 Å². The Morgan fingerprint density at radius 3 is 2.77 bits per heavy atom. The molecule has 0 bridgehead atoms. The second-order valence-electron chi connectivity index (χ2n) is 5.87. The van der Waals surface area contributed by atoms with Crippen molar-refractivity contribution >= 4 is 28.6 Å². The third-order valence-corrected chi connectivity index (χ3v) is 5.72. The number of thiophene rings is 1. The van der Waals surface area contributed by atoms with Crippen LogP contribution in [0.5, 0.6) is 5.75 Å². The van der Waals surface area contributed by atoms with Crippen LogP contribution in [0.3, 0.4) is 0 Å². The number of amides is 1. The van der Waals surface area contributed by atoms with Gasteiger partial charge in [0.15, 0.2) is 0 Å². The number of carbonyl (C=O) groups excluding carboxylic acids is 1. The summed E-state index contributed by atoms with van der Waals surface area (Å²) in [5.41, 5.74) is 2.09. The van der Waals surface area contributed by atoms with E-state index in [0.717, 1.165) is 29.3 Å². The Bertz CT molecular complexity index is 811. The van der Waals surface area contributed by atoms with Crippen LogP contribution < -0.4 is 10.1 Å². The van der Waals surface area contributed by atoms with E-state index >= 15 is 0 Å². The van der Waals surface area contributed by atoms with Gasteiger partial charge in [-0.05, 0) is 42.0 Å². The van der Waals surface area contributed by atoms with Crippen molar-refractivity contribution in [2.24, 2.45) is 0 Å². The van der Waals surface area contributed by atoms with Crippen molar-refractivity contribution in [3.05, 3.63) is 68.3 Å². The van der Waals surface area contributed by atoms with E-state index in [4.69, 9.17) is 4.74 Å². The molecular formula is C20H22N2O2S2. The van der Waals surface area contributed by atoms with Crippen LogP contribution in [0.4, 0.5) is 0 Å². The lowest BCUT2D eigenvalue weighted by molar-refractivity contribution is -0.120. The first kappa shape index (κ1) is 18.6. The molecule has 0 atom stereocenters. The van der Waals surface area contributed by atoms with Crippen LogP contribution in [0.25, 0.3) is 0 Å². The lowest BCUT2D eigenvalue weighted by Crippen LogP contribution is -2.27. The van der Waals surface area contributed by atoms with Crippen molar-refractivity contribution in [2.45, 2.75) is 32.8 Å². The molecule has 1 N–H and O–H groups in total. The van der Waals surface area contributed by atoms with E-state index in [9.17, 15) is 4.79 Å². The molecule has 0 radical (unpaired) electrons. The average molecular weight is 387 g/mol. The second kappa shape index (κ2) is 9.50. The summed E-state index contributed by atoms with van der Waals surface area (Å²) in [6.45, 7) is 3.22. The highest BCUT2D eigenvalue weighted by Gasteiger charge is 2.08. The van der Waals surface area contributed by atoms with Gasteiger partial charge >= 0.3 is 0 Å². The number of carbonyl (C=O) groups is 1. The number of nitrogens with zero attached hydrogens (tertiary/aromatic N) is 1. The highest BCUT2D eigenvalue weighted by molar-refractivity contribution is 7.10. The minimum Gasteiger partial charge on any atom is -0.486 e. The van der Waals surface area contributed by atoms with Gasteiger partial charge in [-0.15, -0.1) is 22.7 Å². The van der Waals surface area contributed by atoms with Crippen LogP contribution in [0, 0.1) is 0 Å². The molecule has 0 saturated carbocycles. The zero-order valence-corrected chi connectivity index (χ0v) is 16.4. The van der Waals surface area contributed by atoms with Crippen LogP contribution in [0.1, 0.15) is 28.1 Å². The number of ether oxygens (including phenoxy) is 1. The van der Waals surface area contributed by atoms with E-state index in [-0.39, 0.29) is 5.91 Å². The fraction of sp³-hybridized carbons (Fsp3) is 0.300. The van der Waals surface area contributed by atoms with Gasteiger partial charge in [0.1, 0.15) is 17.4 Å². The van der Waals surface area contributed by atoms with Crippen LogP contribution >= 0.6 is 22.7 Å². The molecule has 136 valence electrons. The third-order valence-electron chi connectivity index (χ3n) is 3.91. The van der Waals surface area contributed by atoms with Crippen LogP contribution in [-0.2, 0) is 30.7 Å². The summed E-state index contributed by atoms with van der Waals surface area (Å²) in [5, 5.41) is 7.81. The van der Waals surface area contributed by atoms with Crippen LogP contribution in [0.15, 0.2) is 47.2 Å². The molecule has 0 aliphatic heterocycles. The molecule has 4 nitrogen and oxygen atoms in total. The maximum Gasteiger partial charge on any atom is 0.226 e. The number of nitrogens with one attached hydrogen (secondary N) is 1. The monoisotopic (exact) mass is 386 g/mol. The highest BCUT2D eigenvalue weighted by atomic mass is 32.1. The summed E-state index contributed by atoms with van der Waals surface area (Å²) in [7, 11) is 0. The van der Waals surface area contributed by atoms with Crippen LogP contribution in [-0.4, -0.2) is 17.4 Å². The maximum atomic E-state index is 12.0. The van der Waals surface area contributed by atoms with E-state index in [1.807, 2.05) is 29.0 Å². The third kappa shape index (κ3) is 5.68. The molecule has 1 aromatic carbocycles. The molecule has 0 fully saturated rings. The number of benzene rings is 1. The first-order chi connectivity index (χ1) is 12.7. The molecule has 0 aliphatic rings. The van der Waals surface area contributed by atoms with E-state index < -0.39 is 0 Å². The van der Waals surface area contributed by atoms with Crippen molar-refractivity contribution < 1.29 is 9.53 Å².